The second kappa shape index (κ2) is 13.0. The highest BCUT2D eigenvalue weighted by molar-refractivity contribution is 6.00. The average Bonchev–Trinajstić information content (AvgIpc) is 3.77. The van der Waals surface area contributed by atoms with Gasteiger partial charge >= 0.3 is 6.10 Å². The Morgan fingerprint density at radius 2 is 1.72 bits per heavy atom. The van der Waals surface area contributed by atoms with Crippen LogP contribution in [0.2, 0.25) is 0 Å². The van der Waals surface area contributed by atoms with Crippen LogP contribution in [0.4, 0.5) is 21.6 Å². The minimum absolute atomic E-state index is 0.00781. The van der Waals surface area contributed by atoms with Gasteiger partial charge in [0.05, 0.1) is 24.2 Å². The van der Waals surface area contributed by atoms with Crippen molar-refractivity contribution in [1.29, 1.82) is 0 Å². The predicted octanol–water partition coefficient (Wildman–Crippen LogP) is 0.601. The first-order valence-electron chi connectivity index (χ1n) is 14.6. The number of carbonyl (C=O) groups excluding carboxylic acids is 3. The molecule has 2 aliphatic rings. The second-order valence-electron chi connectivity index (χ2n) is 11.5. The van der Waals surface area contributed by atoms with E-state index in [-0.39, 0.29) is 51.9 Å². The lowest BCUT2D eigenvalue weighted by Crippen LogP contribution is -2.48. The Morgan fingerprint density at radius 3 is 2.33 bits per heavy atom. The number of anilines is 3. The Labute approximate surface area is 263 Å². The monoisotopic (exact) mass is 641 g/mol. The van der Waals surface area contributed by atoms with E-state index < -0.39 is 23.5 Å². The van der Waals surface area contributed by atoms with E-state index in [0.29, 0.717) is 24.8 Å². The molecule has 3 heterocycles. The summed E-state index contributed by atoms with van der Waals surface area (Å²) < 4.78 is 22.2. The number of rotatable bonds is 10. The molecule has 17 heteroatoms. The highest BCUT2D eigenvalue weighted by Gasteiger charge is 2.32. The van der Waals surface area contributed by atoms with Crippen LogP contribution in [0.5, 0.6) is 5.75 Å². The number of nitrogens with zero attached hydrogens (tertiary/aromatic N) is 6. The number of methoxy groups -OCH3 is 1. The van der Waals surface area contributed by atoms with Gasteiger partial charge in [-0.05, 0) is 51.9 Å². The Morgan fingerprint density at radius 1 is 1.02 bits per heavy atom. The second-order valence-corrected chi connectivity index (χ2v) is 11.5. The lowest BCUT2D eigenvalue weighted by Gasteiger charge is -2.35. The first kappa shape index (κ1) is 32.7. The maximum absolute atomic E-state index is 15.1. The lowest BCUT2D eigenvalue weighted by molar-refractivity contribution is -0.323. The molecule has 1 aliphatic carbocycles. The Balaban J connectivity index is 1.48. The first-order valence-corrected chi connectivity index (χ1v) is 14.6. The van der Waals surface area contributed by atoms with Crippen LogP contribution in [0, 0.1) is 11.7 Å². The molecule has 0 spiro atoms. The van der Waals surface area contributed by atoms with E-state index in [1.54, 1.807) is 18.0 Å². The molecular weight excluding hydrogens is 605 g/mol. The van der Waals surface area contributed by atoms with Crippen LogP contribution in [-0.4, -0.2) is 109 Å². The summed E-state index contributed by atoms with van der Waals surface area (Å²) in [7, 11) is 6.98. The lowest BCUT2D eigenvalue weighted by atomic mass is 10.0. The van der Waals surface area contributed by atoms with E-state index in [0.717, 1.165) is 31.7 Å². The van der Waals surface area contributed by atoms with Crippen LogP contribution in [0.3, 0.4) is 0 Å². The number of nitrogens with one attached hydrogen (secondary N) is 3. The fourth-order valence-corrected chi connectivity index (χ4v) is 5.29. The molecule has 0 atom stereocenters. The van der Waals surface area contributed by atoms with Gasteiger partial charge in [0.25, 0.3) is 11.8 Å². The quantitative estimate of drug-likeness (QED) is 0.168. The Hall–Kier alpha value is -4.71. The number of hydrogen-bond donors (Lipinski definition) is 6. The molecule has 246 valence electrons. The molecule has 5 rings (SSSR count). The van der Waals surface area contributed by atoms with Crippen molar-refractivity contribution in [2.45, 2.75) is 37.8 Å². The van der Waals surface area contributed by atoms with Gasteiger partial charge in [-0.2, -0.15) is 5.10 Å². The number of benzene rings is 1. The van der Waals surface area contributed by atoms with E-state index in [1.165, 1.54) is 29.2 Å². The number of ether oxygens (including phenoxy) is 1. The van der Waals surface area contributed by atoms with Gasteiger partial charge in [-0.25, -0.2) is 4.39 Å². The van der Waals surface area contributed by atoms with Crippen molar-refractivity contribution in [3.05, 3.63) is 41.5 Å². The molecule has 2 aromatic heterocycles. The van der Waals surface area contributed by atoms with Gasteiger partial charge in [-0.1, -0.05) is 0 Å². The van der Waals surface area contributed by atoms with E-state index >= 15 is 4.39 Å². The maximum Gasteiger partial charge on any atom is 0.369 e. The molecule has 0 bridgehead atoms. The van der Waals surface area contributed by atoms with Crippen molar-refractivity contribution in [2.75, 3.05) is 44.9 Å². The molecule has 1 saturated heterocycles. The van der Waals surface area contributed by atoms with Crippen LogP contribution in [-0.2, 0) is 11.8 Å². The zero-order valence-corrected chi connectivity index (χ0v) is 25.7. The Kier molecular flexibility index (Phi) is 9.20. The number of aromatic nitrogens is 4. The zero-order chi connectivity index (χ0) is 33.3. The summed E-state index contributed by atoms with van der Waals surface area (Å²) in [6.45, 7) is 1.17. The Bertz CT molecular complexity index is 1640. The molecule has 1 aromatic carbocycles. The van der Waals surface area contributed by atoms with Crippen molar-refractivity contribution in [1.82, 2.24) is 35.1 Å². The van der Waals surface area contributed by atoms with Crippen LogP contribution in [0.15, 0.2) is 24.3 Å². The summed E-state index contributed by atoms with van der Waals surface area (Å²) >= 11 is 0. The third-order valence-corrected chi connectivity index (χ3v) is 7.87. The molecule has 1 aliphatic heterocycles. The molecule has 46 heavy (non-hydrogen) atoms. The number of likely N-dealkylation sites (tertiary alicyclic amines) is 1. The summed E-state index contributed by atoms with van der Waals surface area (Å²) in [4.78, 5) is 42.4. The SMILES string of the molecule is COc1c(Nc2cc(NC(=O)C3CC3)nnc2C(=O)NC(O)(O)O)cc(F)cc1-c1cc(C(=O)N2CCC(N(C)C)CC2)n(C)n1. The molecule has 16 nitrogen and oxygen atoms in total. The number of aliphatic hydroxyl groups is 3. The molecule has 0 unspecified atom stereocenters. The largest absolute Gasteiger partial charge is 0.494 e. The number of carbonyl (C=O) groups is 3. The molecule has 3 aromatic rings. The molecule has 1 saturated carbocycles. The summed E-state index contributed by atoms with van der Waals surface area (Å²) in [5.41, 5.74) is 0.0152. The fourth-order valence-electron chi connectivity index (χ4n) is 5.29. The number of halogens is 1. The van der Waals surface area contributed by atoms with Crippen molar-refractivity contribution >= 4 is 34.9 Å². The van der Waals surface area contributed by atoms with Gasteiger partial charge in [0.15, 0.2) is 17.3 Å². The van der Waals surface area contributed by atoms with E-state index in [1.807, 2.05) is 14.1 Å². The van der Waals surface area contributed by atoms with Crippen LogP contribution in [0.25, 0.3) is 11.3 Å². The molecule has 2 fully saturated rings. The van der Waals surface area contributed by atoms with E-state index in [4.69, 9.17) is 4.74 Å². The van der Waals surface area contributed by atoms with Crippen molar-refractivity contribution in [2.24, 2.45) is 13.0 Å². The van der Waals surface area contributed by atoms with Crippen molar-refractivity contribution < 1.29 is 38.8 Å². The van der Waals surface area contributed by atoms with Crippen LogP contribution in [0.1, 0.15) is 46.7 Å². The molecule has 3 amide bonds. The van der Waals surface area contributed by atoms with Gasteiger partial charge in [0, 0.05) is 49.8 Å². The number of amides is 3. The summed E-state index contributed by atoms with van der Waals surface area (Å²) in [6.07, 6.45) is -0.468. The maximum atomic E-state index is 15.1. The normalized spacial score (nSPS) is 15.5. The topological polar surface area (TPSA) is 207 Å². The van der Waals surface area contributed by atoms with Gasteiger partial charge in [0.1, 0.15) is 11.5 Å². The standard InChI is InChI=1S/C29H36FN9O7/c1-37(2)17-7-9-39(10-8-17)28(42)22-13-19(36-38(22)3)18-11-16(30)12-21(25(18)46-4)31-20-14-23(32-26(40)15-5-6-15)34-35-24(20)27(41)33-29(43,44)45/h11-15,17,43-45H,5-10H2,1-4H3,(H,33,41)(H2,31,32,34,40). The smallest absolute Gasteiger partial charge is 0.369 e. The van der Waals surface area contributed by atoms with Crippen molar-refractivity contribution in [3.8, 4) is 17.0 Å². The van der Waals surface area contributed by atoms with E-state index in [2.05, 4.69) is 30.8 Å². The van der Waals surface area contributed by atoms with Crippen molar-refractivity contribution in [3.63, 3.8) is 0 Å². The highest BCUT2D eigenvalue weighted by atomic mass is 19.1. The highest BCUT2D eigenvalue weighted by Crippen LogP contribution is 2.39. The number of aryl methyl sites for hydroxylation is 1. The third-order valence-electron chi connectivity index (χ3n) is 7.87. The number of piperidine rings is 1. The molecular formula is C29H36FN9O7. The van der Waals surface area contributed by atoms with E-state index in [9.17, 15) is 29.7 Å². The summed E-state index contributed by atoms with van der Waals surface area (Å²) in [5.74, 6) is -2.63. The predicted molar refractivity (Wildman–Crippen MR) is 161 cm³/mol. The fraction of sp³-hybridized carbons (Fsp3) is 0.448. The zero-order valence-electron chi connectivity index (χ0n) is 25.7. The average molecular weight is 642 g/mol. The van der Waals surface area contributed by atoms with Crippen LogP contribution < -0.4 is 20.7 Å². The van der Waals surface area contributed by atoms with Gasteiger partial charge in [-0.3, -0.25) is 24.4 Å². The summed E-state index contributed by atoms with van der Waals surface area (Å²) in [6, 6.07) is 5.42. The van der Waals surface area contributed by atoms with Gasteiger partial charge in [-0.15, -0.1) is 10.2 Å². The first-order chi connectivity index (χ1) is 21.7. The van der Waals surface area contributed by atoms with Gasteiger partial charge < -0.3 is 40.5 Å². The van der Waals surface area contributed by atoms with Gasteiger partial charge in [0.2, 0.25) is 5.91 Å². The van der Waals surface area contributed by atoms with Crippen LogP contribution >= 0.6 is 0 Å². The minimum atomic E-state index is -3.57. The summed E-state index contributed by atoms with van der Waals surface area (Å²) in [5, 5.41) is 46.8. The molecule has 0 radical (unpaired) electrons. The minimum Gasteiger partial charge on any atom is -0.494 e. The third kappa shape index (κ3) is 7.39. The number of hydrogen-bond acceptors (Lipinski definition) is 12. The molecule has 6 N–H and O–H groups in total.